The van der Waals surface area contributed by atoms with E-state index in [0.717, 1.165) is 19.0 Å². The van der Waals surface area contributed by atoms with Crippen LogP contribution in [-0.2, 0) is 17.7 Å². The van der Waals surface area contributed by atoms with Crippen LogP contribution in [0.25, 0.3) is 0 Å². The van der Waals surface area contributed by atoms with Crippen LogP contribution in [0, 0.1) is 0 Å². The molecule has 0 radical (unpaired) electrons. The molecule has 1 N–H and O–H groups in total. The van der Waals surface area contributed by atoms with E-state index in [1.165, 1.54) is 23.3 Å². The van der Waals surface area contributed by atoms with Gasteiger partial charge in [0.2, 0.25) is 0 Å². The molecule has 1 aromatic heterocycles. The molecule has 16 heavy (non-hydrogen) atoms. The Morgan fingerprint density at radius 1 is 1.44 bits per heavy atom. The molecule has 1 fully saturated rings. The van der Waals surface area contributed by atoms with Gasteiger partial charge in [-0.25, -0.2) is 0 Å². The Morgan fingerprint density at radius 3 is 3.00 bits per heavy atom. The maximum Gasteiger partial charge on any atom is 0.0895 e. The van der Waals surface area contributed by atoms with Gasteiger partial charge in [-0.3, -0.25) is 0 Å². The van der Waals surface area contributed by atoms with Gasteiger partial charge in [-0.15, -0.1) is 11.3 Å². The Labute approximate surface area is 101 Å². The van der Waals surface area contributed by atoms with Crippen LogP contribution in [0.4, 0.5) is 0 Å². The summed E-state index contributed by atoms with van der Waals surface area (Å²) in [5.74, 6) is 0. The maximum absolute atomic E-state index is 5.85. The molecule has 0 amide bonds. The largest absolute Gasteiger partial charge is 0.370 e. The highest BCUT2D eigenvalue weighted by molar-refractivity contribution is 7.10. The van der Waals surface area contributed by atoms with Gasteiger partial charge in [0, 0.05) is 17.5 Å². The van der Waals surface area contributed by atoms with Crippen molar-refractivity contribution >= 4 is 11.3 Å². The Morgan fingerprint density at radius 2 is 2.25 bits per heavy atom. The summed E-state index contributed by atoms with van der Waals surface area (Å²) in [6.45, 7) is 5.40. The first-order chi connectivity index (χ1) is 7.74. The summed E-state index contributed by atoms with van der Waals surface area (Å²) in [4.78, 5) is 1.45. The molecular weight excluding hydrogens is 218 g/mol. The lowest BCUT2D eigenvalue weighted by Crippen LogP contribution is -2.23. The van der Waals surface area contributed by atoms with Gasteiger partial charge in [0.1, 0.15) is 0 Å². The van der Waals surface area contributed by atoms with Crippen LogP contribution in [0.5, 0.6) is 0 Å². The monoisotopic (exact) mass is 237 g/mol. The molecule has 3 heteroatoms. The minimum Gasteiger partial charge on any atom is -0.370 e. The smallest absolute Gasteiger partial charge is 0.0895 e. The summed E-state index contributed by atoms with van der Waals surface area (Å²) in [5.41, 5.74) is 3.07. The van der Waals surface area contributed by atoms with E-state index in [1.54, 1.807) is 5.56 Å². The summed E-state index contributed by atoms with van der Waals surface area (Å²) in [6.07, 6.45) is 4.48. The number of rotatable bonds is 3. The third kappa shape index (κ3) is 2.04. The zero-order valence-corrected chi connectivity index (χ0v) is 10.8. The van der Waals surface area contributed by atoms with Gasteiger partial charge in [0.05, 0.1) is 12.2 Å². The quantitative estimate of drug-likeness (QED) is 0.872. The number of thiophene rings is 1. The van der Waals surface area contributed by atoms with Crippen molar-refractivity contribution in [2.45, 2.75) is 57.9 Å². The van der Waals surface area contributed by atoms with Crippen molar-refractivity contribution in [3.8, 4) is 0 Å². The zero-order valence-electron chi connectivity index (χ0n) is 9.95. The van der Waals surface area contributed by atoms with Crippen molar-refractivity contribution < 1.29 is 4.74 Å². The van der Waals surface area contributed by atoms with Crippen LogP contribution >= 0.6 is 11.3 Å². The lowest BCUT2D eigenvalue weighted by Gasteiger charge is -2.26. The molecule has 2 aliphatic rings. The summed E-state index contributed by atoms with van der Waals surface area (Å²) < 4.78 is 5.85. The number of nitrogens with one attached hydrogen (secondary N) is 1. The van der Waals surface area contributed by atoms with Crippen LogP contribution in [0.2, 0.25) is 0 Å². The molecule has 2 heterocycles. The van der Waals surface area contributed by atoms with Gasteiger partial charge < -0.3 is 10.1 Å². The second-order valence-corrected chi connectivity index (χ2v) is 5.96. The second-order valence-electron chi connectivity index (χ2n) is 5.05. The van der Waals surface area contributed by atoms with Crippen LogP contribution in [0.1, 0.15) is 48.8 Å². The van der Waals surface area contributed by atoms with E-state index in [0.29, 0.717) is 12.2 Å². The number of ether oxygens (including phenoxy) is 1. The van der Waals surface area contributed by atoms with E-state index in [-0.39, 0.29) is 0 Å². The molecule has 1 aromatic rings. The molecule has 0 aromatic carbocycles. The molecular formula is C13H19NOS. The van der Waals surface area contributed by atoms with Crippen molar-refractivity contribution in [1.82, 2.24) is 5.32 Å². The molecule has 1 aliphatic carbocycles. The molecule has 2 nitrogen and oxygen atoms in total. The molecule has 88 valence electrons. The number of hydrogen-bond acceptors (Lipinski definition) is 3. The summed E-state index contributed by atoms with van der Waals surface area (Å²) in [7, 11) is 0. The van der Waals surface area contributed by atoms with Gasteiger partial charge in [0.25, 0.3) is 0 Å². The lowest BCUT2D eigenvalue weighted by molar-refractivity contribution is -0.00237. The van der Waals surface area contributed by atoms with Crippen molar-refractivity contribution in [2.75, 3.05) is 0 Å². The van der Waals surface area contributed by atoms with Crippen LogP contribution < -0.4 is 5.32 Å². The molecule has 0 saturated heterocycles. The standard InChI is InChI=1S/C13H19NOS/c1-8-5-12-10(6-14-11-3-4-11)7-16-13(12)9(2)15-8/h7-9,11,14H,3-6H2,1-2H3. The van der Waals surface area contributed by atoms with Crippen molar-refractivity contribution in [3.05, 3.63) is 21.4 Å². The fourth-order valence-corrected chi connectivity index (χ4v) is 3.54. The molecule has 3 rings (SSSR count). The normalized spacial score (nSPS) is 29.1. The van der Waals surface area contributed by atoms with Gasteiger partial charge in [0.15, 0.2) is 0 Å². The predicted octanol–water partition coefficient (Wildman–Crippen LogP) is 3.02. The van der Waals surface area contributed by atoms with Gasteiger partial charge >= 0.3 is 0 Å². The zero-order chi connectivity index (χ0) is 11.1. The predicted molar refractivity (Wildman–Crippen MR) is 66.8 cm³/mol. The molecule has 2 unspecified atom stereocenters. The Hall–Kier alpha value is -0.380. The minimum atomic E-state index is 0.290. The lowest BCUT2D eigenvalue weighted by atomic mass is 9.99. The van der Waals surface area contributed by atoms with E-state index < -0.39 is 0 Å². The first kappa shape index (κ1) is 10.8. The van der Waals surface area contributed by atoms with Gasteiger partial charge in [-0.2, -0.15) is 0 Å². The van der Waals surface area contributed by atoms with E-state index >= 15 is 0 Å². The first-order valence-electron chi connectivity index (χ1n) is 6.22. The number of fused-ring (bicyclic) bond motifs is 1. The van der Waals surface area contributed by atoms with E-state index in [2.05, 4.69) is 24.5 Å². The van der Waals surface area contributed by atoms with E-state index in [1.807, 2.05) is 11.3 Å². The average molecular weight is 237 g/mol. The fraction of sp³-hybridized carbons (Fsp3) is 0.692. The van der Waals surface area contributed by atoms with Crippen LogP contribution in [0.15, 0.2) is 5.38 Å². The van der Waals surface area contributed by atoms with E-state index in [4.69, 9.17) is 4.74 Å². The summed E-state index contributed by atoms with van der Waals surface area (Å²) in [6, 6.07) is 0.797. The highest BCUT2D eigenvalue weighted by Crippen LogP contribution is 2.36. The average Bonchev–Trinajstić information content (AvgIpc) is 2.97. The third-order valence-corrected chi connectivity index (χ3v) is 4.70. The molecule has 0 spiro atoms. The van der Waals surface area contributed by atoms with E-state index in [9.17, 15) is 0 Å². The van der Waals surface area contributed by atoms with Gasteiger partial charge in [-0.05, 0) is 49.6 Å². The van der Waals surface area contributed by atoms with Gasteiger partial charge in [-0.1, -0.05) is 0 Å². The number of hydrogen-bond donors (Lipinski definition) is 1. The fourth-order valence-electron chi connectivity index (χ4n) is 2.44. The SMILES string of the molecule is CC1Cc2c(CNC3CC3)csc2C(C)O1. The van der Waals surface area contributed by atoms with Crippen molar-refractivity contribution in [2.24, 2.45) is 0 Å². The van der Waals surface area contributed by atoms with Crippen LogP contribution in [-0.4, -0.2) is 12.1 Å². The minimum absolute atomic E-state index is 0.290. The Kier molecular flexibility index (Phi) is 2.78. The maximum atomic E-state index is 5.85. The summed E-state index contributed by atoms with van der Waals surface area (Å²) in [5, 5.41) is 5.92. The Bertz CT molecular complexity index is 383. The molecule has 1 saturated carbocycles. The summed E-state index contributed by atoms with van der Waals surface area (Å²) >= 11 is 1.87. The highest BCUT2D eigenvalue weighted by Gasteiger charge is 2.27. The third-order valence-electron chi connectivity index (χ3n) is 3.47. The first-order valence-corrected chi connectivity index (χ1v) is 7.10. The molecule has 1 aliphatic heterocycles. The van der Waals surface area contributed by atoms with Crippen molar-refractivity contribution in [1.29, 1.82) is 0 Å². The molecule has 0 bridgehead atoms. The highest BCUT2D eigenvalue weighted by atomic mass is 32.1. The molecule has 2 atom stereocenters. The Balaban J connectivity index is 1.78. The second kappa shape index (κ2) is 4.13. The van der Waals surface area contributed by atoms with Crippen molar-refractivity contribution in [3.63, 3.8) is 0 Å². The van der Waals surface area contributed by atoms with Crippen LogP contribution in [0.3, 0.4) is 0 Å². The topological polar surface area (TPSA) is 21.3 Å².